The lowest BCUT2D eigenvalue weighted by Gasteiger charge is -2.19. The van der Waals surface area contributed by atoms with Crippen molar-refractivity contribution in [3.8, 4) is 0 Å². The molecule has 1 heterocycles. The molecule has 1 unspecified atom stereocenters. The van der Waals surface area contributed by atoms with E-state index in [-0.39, 0.29) is 17.4 Å². The first-order valence-electron chi connectivity index (χ1n) is 9.70. The van der Waals surface area contributed by atoms with Crippen molar-refractivity contribution in [1.29, 1.82) is 0 Å². The molecule has 1 aliphatic carbocycles. The second-order valence-corrected chi connectivity index (χ2v) is 7.63. The molecule has 4 nitrogen and oxygen atoms in total. The van der Waals surface area contributed by atoms with Crippen molar-refractivity contribution < 1.29 is 4.79 Å². The van der Waals surface area contributed by atoms with E-state index >= 15 is 0 Å². The van der Waals surface area contributed by atoms with Gasteiger partial charge in [0.25, 0.3) is 5.91 Å². The van der Waals surface area contributed by atoms with Crippen LogP contribution in [-0.2, 0) is 5.41 Å². The van der Waals surface area contributed by atoms with Crippen LogP contribution in [0.1, 0.15) is 51.6 Å². The summed E-state index contributed by atoms with van der Waals surface area (Å²) in [4.78, 5) is 17.4. The predicted octanol–water partition coefficient (Wildman–Crippen LogP) is 3.90. The lowest BCUT2D eigenvalue weighted by atomic mass is 9.95. The molecule has 2 aromatic carbocycles. The molecule has 0 saturated heterocycles. The van der Waals surface area contributed by atoms with Gasteiger partial charge in [-0.3, -0.25) is 9.78 Å². The summed E-state index contributed by atoms with van der Waals surface area (Å²) in [5.74, 6) is -0.111. The van der Waals surface area contributed by atoms with Crippen LogP contribution >= 0.6 is 0 Å². The first-order valence-corrected chi connectivity index (χ1v) is 9.70. The van der Waals surface area contributed by atoms with Gasteiger partial charge in [-0.2, -0.15) is 0 Å². The van der Waals surface area contributed by atoms with Crippen LogP contribution in [0.5, 0.6) is 0 Å². The third-order valence-corrected chi connectivity index (χ3v) is 5.67. The number of hydrogen-bond acceptors (Lipinski definition) is 3. The average molecular weight is 371 g/mol. The molecule has 0 bridgehead atoms. The number of amides is 1. The molecule has 28 heavy (non-hydrogen) atoms. The van der Waals surface area contributed by atoms with Gasteiger partial charge in [-0.1, -0.05) is 48.0 Å². The first kappa shape index (κ1) is 18.4. The number of rotatable bonds is 6. The highest BCUT2D eigenvalue weighted by Crippen LogP contribution is 2.47. The number of hydrogen-bond donors (Lipinski definition) is 2. The molecule has 3 N–H and O–H groups in total. The van der Waals surface area contributed by atoms with E-state index in [0.717, 1.165) is 24.1 Å². The Morgan fingerprint density at radius 1 is 1.07 bits per heavy atom. The van der Waals surface area contributed by atoms with Crippen LogP contribution in [0.2, 0.25) is 0 Å². The van der Waals surface area contributed by atoms with Gasteiger partial charge < -0.3 is 11.1 Å². The van der Waals surface area contributed by atoms with E-state index in [1.807, 2.05) is 73.7 Å². The zero-order chi connectivity index (χ0) is 19.6. The molecular weight excluding hydrogens is 346 g/mol. The Morgan fingerprint density at radius 3 is 2.36 bits per heavy atom. The number of nitrogens with one attached hydrogen (secondary N) is 1. The molecule has 1 saturated carbocycles. The van der Waals surface area contributed by atoms with Crippen molar-refractivity contribution in [3.63, 3.8) is 0 Å². The van der Waals surface area contributed by atoms with Gasteiger partial charge in [0.05, 0.1) is 11.7 Å². The van der Waals surface area contributed by atoms with E-state index in [9.17, 15) is 4.79 Å². The van der Waals surface area contributed by atoms with Crippen LogP contribution in [-0.4, -0.2) is 17.4 Å². The quantitative estimate of drug-likeness (QED) is 0.690. The maximum Gasteiger partial charge on any atom is 0.252 e. The molecule has 142 valence electrons. The van der Waals surface area contributed by atoms with Gasteiger partial charge in [0, 0.05) is 23.7 Å². The summed E-state index contributed by atoms with van der Waals surface area (Å²) in [7, 11) is 0. The summed E-state index contributed by atoms with van der Waals surface area (Å²) in [6, 6.07) is 21.5. The molecule has 1 aromatic heterocycles. The molecule has 1 atom stereocenters. The SMILES string of the molecule is Cc1ccc(C(NC(=O)c2ccc(C3(CN)CC3)cc2)c2ccccn2)cc1. The molecule has 4 rings (SSSR count). The standard InChI is InChI=1S/C24H25N3O/c1-17-5-7-18(8-6-17)22(21-4-2-3-15-26-21)27-23(28)19-9-11-20(12-10-19)24(16-25)13-14-24/h2-12,15,22H,13-14,16,25H2,1H3,(H,27,28). The number of nitrogens with zero attached hydrogens (tertiary/aromatic N) is 1. The summed E-state index contributed by atoms with van der Waals surface area (Å²) in [6.45, 7) is 2.71. The molecule has 0 aliphatic heterocycles. The second-order valence-electron chi connectivity index (χ2n) is 7.63. The second kappa shape index (κ2) is 7.56. The smallest absolute Gasteiger partial charge is 0.252 e. The fourth-order valence-electron chi connectivity index (χ4n) is 3.58. The number of aryl methyl sites for hydroxylation is 1. The summed E-state index contributed by atoms with van der Waals surface area (Å²) >= 11 is 0. The monoisotopic (exact) mass is 371 g/mol. The minimum absolute atomic E-state index is 0.111. The first-order chi connectivity index (χ1) is 13.6. The van der Waals surface area contributed by atoms with E-state index in [1.165, 1.54) is 11.1 Å². The Labute approximate surface area is 165 Å². The molecule has 3 aromatic rings. The summed E-state index contributed by atoms with van der Waals surface area (Å²) < 4.78 is 0. The lowest BCUT2D eigenvalue weighted by Crippen LogP contribution is -2.30. The van der Waals surface area contributed by atoms with Crippen LogP contribution in [0.15, 0.2) is 72.9 Å². The van der Waals surface area contributed by atoms with Gasteiger partial charge in [0.15, 0.2) is 0 Å². The Hall–Kier alpha value is -2.98. The Morgan fingerprint density at radius 2 is 1.79 bits per heavy atom. The van der Waals surface area contributed by atoms with Crippen molar-refractivity contribution in [1.82, 2.24) is 10.3 Å². The summed E-state index contributed by atoms with van der Waals surface area (Å²) in [5, 5.41) is 3.15. The van der Waals surface area contributed by atoms with Gasteiger partial charge in [-0.15, -0.1) is 0 Å². The average Bonchev–Trinajstić information content (AvgIpc) is 3.55. The highest BCUT2D eigenvalue weighted by Gasteiger charge is 2.42. The molecular formula is C24H25N3O. The Bertz CT molecular complexity index is 945. The summed E-state index contributed by atoms with van der Waals surface area (Å²) in [6.07, 6.45) is 4.01. The molecule has 1 amide bonds. The van der Waals surface area contributed by atoms with Crippen molar-refractivity contribution >= 4 is 5.91 Å². The number of benzene rings is 2. The van der Waals surface area contributed by atoms with Crippen LogP contribution in [0.4, 0.5) is 0 Å². The zero-order valence-corrected chi connectivity index (χ0v) is 16.1. The molecule has 0 radical (unpaired) electrons. The van der Waals surface area contributed by atoms with E-state index < -0.39 is 0 Å². The zero-order valence-electron chi connectivity index (χ0n) is 16.1. The van der Waals surface area contributed by atoms with Crippen LogP contribution < -0.4 is 11.1 Å². The van der Waals surface area contributed by atoms with Crippen molar-refractivity contribution in [2.75, 3.05) is 6.54 Å². The highest BCUT2D eigenvalue weighted by molar-refractivity contribution is 5.94. The van der Waals surface area contributed by atoms with Crippen LogP contribution in [0, 0.1) is 6.92 Å². The number of carbonyl (C=O) groups is 1. The van der Waals surface area contributed by atoms with Crippen molar-refractivity contribution in [2.45, 2.75) is 31.2 Å². The highest BCUT2D eigenvalue weighted by atomic mass is 16.1. The van der Waals surface area contributed by atoms with Crippen molar-refractivity contribution in [2.24, 2.45) is 5.73 Å². The number of aromatic nitrogens is 1. The van der Waals surface area contributed by atoms with Crippen LogP contribution in [0.25, 0.3) is 0 Å². The molecule has 0 spiro atoms. The minimum atomic E-state index is -0.298. The fraction of sp³-hybridized carbons (Fsp3) is 0.250. The molecule has 1 fully saturated rings. The normalized spacial score (nSPS) is 15.6. The van der Waals surface area contributed by atoms with Gasteiger partial charge in [0.2, 0.25) is 0 Å². The lowest BCUT2D eigenvalue weighted by molar-refractivity contribution is 0.0942. The van der Waals surface area contributed by atoms with Crippen LogP contribution in [0.3, 0.4) is 0 Å². The van der Waals surface area contributed by atoms with Gasteiger partial charge in [-0.05, 0) is 55.2 Å². The maximum atomic E-state index is 13.0. The Balaban J connectivity index is 1.58. The van der Waals surface area contributed by atoms with E-state index in [4.69, 9.17) is 5.73 Å². The third-order valence-electron chi connectivity index (χ3n) is 5.67. The summed E-state index contributed by atoms with van der Waals surface area (Å²) in [5.41, 5.74) is 10.9. The maximum absolute atomic E-state index is 13.0. The Kier molecular flexibility index (Phi) is 4.97. The van der Waals surface area contributed by atoms with Gasteiger partial charge >= 0.3 is 0 Å². The largest absolute Gasteiger partial charge is 0.340 e. The minimum Gasteiger partial charge on any atom is -0.340 e. The van der Waals surface area contributed by atoms with Gasteiger partial charge in [0.1, 0.15) is 0 Å². The number of pyridine rings is 1. The van der Waals surface area contributed by atoms with Crippen molar-refractivity contribution in [3.05, 3.63) is 101 Å². The number of nitrogens with two attached hydrogens (primary N) is 1. The van der Waals surface area contributed by atoms with E-state index in [1.54, 1.807) is 6.20 Å². The molecule has 1 aliphatic rings. The van der Waals surface area contributed by atoms with Gasteiger partial charge in [-0.25, -0.2) is 0 Å². The van der Waals surface area contributed by atoms with E-state index in [2.05, 4.69) is 10.3 Å². The molecule has 4 heteroatoms. The van der Waals surface area contributed by atoms with E-state index in [0.29, 0.717) is 12.1 Å². The fourth-order valence-corrected chi connectivity index (χ4v) is 3.58. The third kappa shape index (κ3) is 3.69. The topological polar surface area (TPSA) is 68.0 Å². The predicted molar refractivity (Wildman–Crippen MR) is 111 cm³/mol. The number of carbonyl (C=O) groups excluding carboxylic acids is 1.